The predicted molar refractivity (Wildman–Crippen MR) is 67.6 cm³/mol. The average Bonchev–Trinajstić information content (AvgIpc) is 2.93. The first kappa shape index (κ1) is 11.9. The molecule has 3 amide bonds. The number of hydrogen-bond donors (Lipinski definition) is 1. The highest BCUT2D eigenvalue weighted by molar-refractivity contribution is 6.21. The first-order chi connectivity index (χ1) is 9.16. The van der Waals surface area contributed by atoms with Crippen molar-refractivity contribution in [1.82, 2.24) is 10.2 Å². The lowest BCUT2D eigenvalue weighted by Gasteiger charge is -2.16. The molecule has 19 heavy (non-hydrogen) atoms. The number of rotatable bonds is 3. The zero-order valence-electron chi connectivity index (χ0n) is 10.4. The molecule has 2 aliphatic rings. The zero-order chi connectivity index (χ0) is 13.4. The third-order valence-electron chi connectivity index (χ3n) is 3.66. The van der Waals surface area contributed by atoms with E-state index in [0.717, 1.165) is 6.42 Å². The highest BCUT2D eigenvalue weighted by atomic mass is 16.2. The second kappa shape index (κ2) is 4.50. The summed E-state index contributed by atoms with van der Waals surface area (Å²) in [6.45, 7) is 0.358. The van der Waals surface area contributed by atoms with Crippen molar-refractivity contribution in [1.29, 1.82) is 0 Å². The van der Waals surface area contributed by atoms with Gasteiger partial charge in [0, 0.05) is 19.0 Å². The SMILES string of the molecule is O=C1CCC(CCN2C(=O)c3ccccc3C2=O)N1. The molecule has 0 saturated carbocycles. The summed E-state index contributed by atoms with van der Waals surface area (Å²) in [5.74, 6) is -0.415. The maximum atomic E-state index is 12.1. The largest absolute Gasteiger partial charge is 0.353 e. The second-order valence-electron chi connectivity index (χ2n) is 4.90. The van der Waals surface area contributed by atoms with Crippen LogP contribution in [0.2, 0.25) is 0 Å². The van der Waals surface area contributed by atoms with Gasteiger partial charge in [0.25, 0.3) is 11.8 Å². The third kappa shape index (κ3) is 2.01. The molecule has 0 radical (unpaired) electrons. The molecule has 0 aromatic heterocycles. The van der Waals surface area contributed by atoms with E-state index in [1.54, 1.807) is 24.3 Å². The van der Waals surface area contributed by atoms with Crippen LogP contribution < -0.4 is 5.32 Å². The van der Waals surface area contributed by atoms with Crippen LogP contribution in [0.1, 0.15) is 40.0 Å². The minimum Gasteiger partial charge on any atom is -0.353 e. The topological polar surface area (TPSA) is 66.5 Å². The average molecular weight is 258 g/mol. The standard InChI is InChI=1S/C14H14N2O3/c17-12-6-5-9(15-12)7-8-16-13(18)10-3-1-2-4-11(10)14(16)19/h1-4,9H,5-8H2,(H,15,17). The highest BCUT2D eigenvalue weighted by Gasteiger charge is 2.35. The second-order valence-corrected chi connectivity index (χ2v) is 4.90. The van der Waals surface area contributed by atoms with Gasteiger partial charge in [0.05, 0.1) is 11.1 Å². The fourth-order valence-corrected chi connectivity index (χ4v) is 2.62. The van der Waals surface area contributed by atoms with Crippen molar-refractivity contribution < 1.29 is 14.4 Å². The molecule has 1 unspecified atom stereocenters. The Balaban J connectivity index is 1.69. The number of amides is 3. The van der Waals surface area contributed by atoms with Gasteiger partial charge in [-0.05, 0) is 25.0 Å². The molecule has 2 heterocycles. The lowest BCUT2D eigenvalue weighted by Crippen LogP contribution is -2.35. The van der Waals surface area contributed by atoms with Gasteiger partial charge >= 0.3 is 0 Å². The van der Waals surface area contributed by atoms with Crippen molar-refractivity contribution in [2.45, 2.75) is 25.3 Å². The molecule has 0 aliphatic carbocycles. The Morgan fingerprint density at radius 3 is 2.26 bits per heavy atom. The lowest BCUT2D eigenvalue weighted by molar-refractivity contribution is -0.119. The van der Waals surface area contributed by atoms with E-state index in [1.807, 2.05) is 0 Å². The molecule has 3 rings (SSSR count). The number of carbonyl (C=O) groups is 3. The van der Waals surface area contributed by atoms with Gasteiger partial charge in [-0.15, -0.1) is 0 Å². The number of hydrogen-bond acceptors (Lipinski definition) is 3. The summed E-state index contributed by atoms with van der Waals surface area (Å²) in [4.78, 5) is 36.6. The molecule has 0 spiro atoms. The molecule has 1 aromatic carbocycles. The Bertz CT molecular complexity index is 533. The summed E-state index contributed by atoms with van der Waals surface area (Å²) in [6.07, 6.45) is 1.94. The number of benzene rings is 1. The summed E-state index contributed by atoms with van der Waals surface area (Å²) in [5.41, 5.74) is 0.950. The maximum absolute atomic E-state index is 12.1. The van der Waals surface area contributed by atoms with Crippen molar-refractivity contribution in [3.05, 3.63) is 35.4 Å². The van der Waals surface area contributed by atoms with Crippen molar-refractivity contribution >= 4 is 17.7 Å². The van der Waals surface area contributed by atoms with Gasteiger partial charge < -0.3 is 5.32 Å². The molecule has 0 bridgehead atoms. The first-order valence-corrected chi connectivity index (χ1v) is 6.41. The highest BCUT2D eigenvalue weighted by Crippen LogP contribution is 2.23. The first-order valence-electron chi connectivity index (χ1n) is 6.41. The van der Waals surface area contributed by atoms with E-state index >= 15 is 0 Å². The fourth-order valence-electron chi connectivity index (χ4n) is 2.62. The van der Waals surface area contributed by atoms with Gasteiger partial charge in [0.15, 0.2) is 0 Å². The van der Waals surface area contributed by atoms with E-state index in [4.69, 9.17) is 0 Å². The number of imide groups is 1. The number of fused-ring (bicyclic) bond motifs is 1. The summed E-state index contributed by atoms with van der Waals surface area (Å²) in [5, 5.41) is 2.84. The molecule has 1 aromatic rings. The van der Waals surface area contributed by atoms with Gasteiger partial charge in [-0.25, -0.2) is 0 Å². The molecule has 1 fully saturated rings. The van der Waals surface area contributed by atoms with Crippen LogP contribution in [0.3, 0.4) is 0 Å². The minimum atomic E-state index is -0.232. The van der Waals surface area contributed by atoms with Gasteiger partial charge in [-0.3, -0.25) is 19.3 Å². The normalized spacial score (nSPS) is 21.8. The van der Waals surface area contributed by atoms with E-state index in [0.29, 0.717) is 30.5 Å². The van der Waals surface area contributed by atoms with Gasteiger partial charge in [0.2, 0.25) is 5.91 Å². The lowest BCUT2D eigenvalue weighted by atomic mass is 10.1. The fraction of sp³-hybridized carbons (Fsp3) is 0.357. The zero-order valence-corrected chi connectivity index (χ0v) is 10.4. The monoisotopic (exact) mass is 258 g/mol. The molecule has 1 saturated heterocycles. The van der Waals surface area contributed by atoms with Crippen LogP contribution in [0, 0.1) is 0 Å². The molecular formula is C14H14N2O3. The van der Waals surface area contributed by atoms with Crippen LogP contribution in [-0.2, 0) is 4.79 Å². The summed E-state index contributed by atoms with van der Waals surface area (Å²) in [7, 11) is 0. The quantitative estimate of drug-likeness (QED) is 0.821. The maximum Gasteiger partial charge on any atom is 0.261 e. The van der Waals surface area contributed by atoms with E-state index in [1.165, 1.54) is 4.90 Å². The smallest absolute Gasteiger partial charge is 0.261 e. The Morgan fingerprint density at radius 1 is 1.11 bits per heavy atom. The Kier molecular flexibility index (Phi) is 2.81. The van der Waals surface area contributed by atoms with Crippen molar-refractivity contribution in [2.75, 3.05) is 6.54 Å². The summed E-state index contributed by atoms with van der Waals surface area (Å²) in [6, 6.07) is 6.94. The van der Waals surface area contributed by atoms with Crippen molar-refractivity contribution in [3.8, 4) is 0 Å². The summed E-state index contributed by atoms with van der Waals surface area (Å²) >= 11 is 0. The summed E-state index contributed by atoms with van der Waals surface area (Å²) < 4.78 is 0. The van der Waals surface area contributed by atoms with Crippen LogP contribution in [-0.4, -0.2) is 35.2 Å². The van der Waals surface area contributed by atoms with Crippen LogP contribution >= 0.6 is 0 Å². The van der Waals surface area contributed by atoms with Crippen LogP contribution in [0.25, 0.3) is 0 Å². The molecule has 98 valence electrons. The Hall–Kier alpha value is -2.17. The van der Waals surface area contributed by atoms with Gasteiger partial charge in [-0.2, -0.15) is 0 Å². The van der Waals surface area contributed by atoms with Gasteiger partial charge in [-0.1, -0.05) is 12.1 Å². The van der Waals surface area contributed by atoms with Crippen molar-refractivity contribution in [3.63, 3.8) is 0 Å². The number of nitrogens with one attached hydrogen (secondary N) is 1. The van der Waals surface area contributed by atoms with Gasteiger partial charge in [0.1, 0.15) is 0 Å². The molecule has 1 N–H and O–H groups in total. The van der Waals surface area contributed by atoms with Crippen molar-refractivity contribution in [2.24, 2.45) is 0 Å². The Labute approximate surface area is 110 Å². The van der Waals surface area contributed by atoms with Crippen LogP contribution in [0.5, 0.6) is 0 Å². The van der Waals surface area contributed by atoms with Crippen LogP contribution in [0.4, 0.5) is 0 Å². The van der Waals surface area contributed by atoms with E-state index in [2.05, 4.69) is 5.32 Å². The van der Waals surface area contributed by atoms with E-state index in [-0.39, 0.29) is 23.8 Å². The van der Waals surface area contributed by atoms with Crippen LogP contribution in [0.15, 0.2) is 24.3 Å². The minimum absolute atomic E-state index is 0.0485. The third-order valence-corrected chi connectivity index (χ3v) is 3.66. The number of carbonyl (C=O) groups excluding carboxylic acids is 3. The molecular weight excluding hydrogens is 244 g/mol. The van der Waals surface area contributed by atoms with E-state index < -0.39 is 0 Å². The number of nitrogens with zero attached hydrogens (tertiary/aromatic N) is 1. The predicted octanol–water partition coefficient (Wildman–Crippen LogP) is 0.951. The van der Waals surface area contributed by atoms with E-state index in [9.17, 15) is 14.4 Å². The Morgan fingerprint density at radius 2 is 1.74 bits per heavy atom. The molecule has 5 nitrogen and oxygen atoms in total. The molecule has 1 atom stereocenters. The molecule has 5 heteroatoms. The molecule has 2 aliphatic heterocycles.